The first kappa shape index (κ1) is 20.8. The van der Waals surface area contributed by atoms with Crippen molar-refractivity contribution in [3.8, 4) is 17.2 Å². The molecule has 1 amide bonds. The van der Waals surface area contributed by atoms with Crippen LogP contribution in [-0.4, -0.2) is 32.2 Å². The molecule has 0 bridgehead atoms. The summed E-state index contributed by atoms with van der Waals surface area (Å²) in [7, 11) is 4.69. The summed E-state index contributed by atoms with van der Waals surface area (Å²) in [5.74, 6) is 1.45. The summed E-state index contributed by atoms with van der Waals surface area (Å²) in [6.07, 6.45) is 7.99. The van der Waals surface area contributed by atoms with E-state index in [1.54, 1.807) is 39.5 Å². The van der Waals surface area contributed by atoms with E-state index in [9.17, 15) is 4.79 Å². The summed E-state index contributed by atoms with van der Waals surface area (Å²) in [4.78, 5) is 15.9. The third-order valence-corrected chi connectivity index (χ3v) is 5.74. The maximum absolute atomic E-state index is 12.4. The highest BCUT2D eigenvalue weighted by atomic mass is 16.5. The molecule has 31 heavy (non-hydrogen) atoms. The normalized spacial score (nSPS) is 13.3. The van der Waals surface area contributed by atoms with Gasteiger partial charge in [-0.3, -0.25) is 4.79 Å². The lowest BCUT2D eigenvalue weighted by Gasteiger charge is -2.12. The zero-order valence-electron chi connectivity index (χ0n) is 18.2. The quantitative estimate of drug-likeness (QED) is 0.556. The molecule has 1 aromatic heterocycles. The minimum absolute atomic E-state index is 0.162. The number of carbonyl (C=O) groups is 1. The number of amides is 1. The molecule has 0 spiro atoms. The van der Waals surface area contributed by atoms with Gasteiger partial charge in [0.15, 0.2) is 11.5 Å². The lowest BCUT2D eigenvalue weighted by molar-refractivity contribution is -0.116. The second-order valence-electron chi connectivity index (χ2n) is 7.68. The van der Waals surface area contributed by atoms with Crippen LogP contribution < -0.4 is 19.5 Å². The van der Waals surface area contributed by atoms with Crippen molar-refractivity contribution < 1.29 is 19.0 Å². The largest absolute Gasteiger partial charge is 0.493 e. The fraction of sp³-hybridized carbons (Fsp3) is 0.320. The van der Waals surface area contributed by atoms with Crippen LogP contribution in [0.15, 0.2) is 36.4 Å². The molecule has 0 fully saturated rings. The van der Waals surface area contributed by atoms with E-state index in [2.05, 4.69) is 28.5 Å². The molecule has 1 heterocycles. The Labute approximate surface area is 182 Å². The van der Waals surface area contributed by atoms with Gasteiger partial charge in [0.25, 0.3) is 0 Å². The summed E-state index contributed by atoms with van der Waals surface area (Å²) in [6, 6.07) is 9.97. The van der Waals surface area contributed by atoms with E-state index >= 15 is 0 Å². The van der Waals surface area contributed by atoms with Crippen molar-refractivity contribution in [3.63, 3.8) is 0 Å². The number of hydrogen-bond donors (Lipinski definition) is 2. The molecule has 0 unspecified atom stereocenters. The Morgan fingerprint density at radius 2 is 1.77 bits per heavy atom. The molecule has 3 aromatic rings. The van der Waals surface area contributed by atoms with Gasteiger partial charge in [0.05, 0.1) is 21.3 Å². The van der Waals surface area contributed by atoms with Gasteiger partial charge in [0.2, 0.25) is 11.7 Å². The molecule has 0 saturated heterocycles. The molecular formula is C25H28N2O4. The van der Waals surface area contributed by atoms with Gasteiger partial charge in [0.1, 0.15) is 0 Å². The number of aryl methyl sites for hydroxylation is 2. The number of hydrogen-bond acceptors (Lipinski definition) is 4. The number of aromatic amines is 1. The summed E-state index contributed by atoms with van der Waals surface area (Å²) in [5, 5.41) is 4.25. The molecule has 0 aliphatic heterocycles. The second-order valence-corrected chi connectivity index (χ2v) is 7.68. The summed E-state index contributed by atoms with van der Waals surface area (Å²) in [5.41, 5.74) is 5.87. The molecule has 0 radical (unpaired) electrons. The Morgan fingerprint density at radius 3 is 2.48 bits per heavy atom. The van der Waals surface area contributed by atoms with Crippen molar-refractivity contribution >= 4 is 22.9 Å². The Balaban J connectivity index is 1.44. The standard InChI is InChI=1S/C25H28N2O4/c1-29-22-13-16(14-23(30-2)25(22)31-3)9-11-24(28)26-15-17-8-10-21-19(12-17)18-6-4-5-7-20(18)27-21/h8-14,27H,4-7,15H2,1-3H3,(H,26,28). The van der Waals surface area contributed by atoms with Crippen LogP contribution in [0.3, 0.4) is 0 Å². The van der Waals surface area contributed by atoms with Crippen LogP contribution in [-0.2, 0) is 24.2 Å². The fourth-order valence-corrected chi connectivity index (χ4v) is 4.18. The SMILES string of the molecule is COc1cc(C=CC(=O)NCc2ccc3[nH]c4c(c3c2)CCCC4)cc(OC)c1OC. The van der Waals surface area contributed by atoms with Gasteiger partial charge >= 0.3 is 0 Å². The molecule has 2 N–H and O–H groups in total. The zero-order chi connectivity index (χ0) is 21.8. The highest BCUT2D eigenvalue weighted by Gasteiger charge is 2.15. The first-order valence-electron chi connectivity index (χ1n) is 10.5. The van der Waals surface area contributed by atoms with Crippen molar-refractivity contribution in [2.75, 3.05) is 21.3 Å². The average molecular weight is 421 g/mol. The molecular weight excluding hydrogens is 392 g/mol. The highest BCUT2D eigenvalue weighted by Crippen LogP contribution is 2.38. The van der Waals surface area contributed by atoms with Gasteiger partial charge in [-0.05, 0) is 72.7 Å². The van der Waals surface area contributed by atoms with Crippen molar-refractivity contribution in [3.05, 3.63) is 58.8 Å². The number of methoxy groups -OCH3 is 3. The number of rotatable bonds is 7. The van der Waals surface area contributed by atoms with Crippen LogP contribution >= 0.6 is 0 Å². The van der Waals surface area contributed by atoms with Crippen molar-refractivity contribution in [1.29, 1.82) is 0 Å². The number of nitrogens with one attached hydrogen (secondary N) is 2. The van der Waals surface area contributed by atoms with Crippen molar-refractivity contribution in [1.82, 2.24) is 10.3 Å². The van der Waals surface area contributed by atoms with Crippen LogP contribution in [0.2, 0.25) is 0 Å². The average Bonchev–Trinajstić information content (AvgIpc) is 3.18. The van der Waals surface area contributed by atoms with Crippen LogP contribution in [0.25, 0.3) is 17.0 Å². The molecule has 6 nitrogen and oxygen atoms in total. The predicted octanol–water partition coefficient (Wildman–Crippen LogP) is 4.40. The van der Waals surface area contributed by atoms with Gasteiger partial charge in [-0.25, -0.2) is 0 Å². The topological polar surface area (TPSA) is 72.6 Å². The fourth-order valence-electron chi connectivity index (χ4n) is 4.18. The number of ether oxygens (including phenoxy) is 3. The van der Waals surface area contributed by atoms with Gasteiger partial charge < -0.3 is 24.5 Å². The van der Waals surface area contributed by atoms with Gasteiger partial charge in [-0.1, -0.05) is 6.07 Å². The molecule has 6 heteroatoms. The van der Waals surface area contributed by atoms with Crippen LogP contribution in [0.5, 0.6) is 17.2 Å². The van der Waals surface area contributed by atoms with E-state index in [1.807, 2.05) is 0 Å². The van der Waals surface area contributed by atoms with Gasteiger partial charge in [-0.15, -0.1) is 0 Å². The van der Waals surface area contributed by atoms with Crippen LogP contribution in [0.4, 0.5) is 0 Å². The Hall–Kier alpha value is -3.41. The molecule has 0 atom stereocenters. The Bertz CT molecular complexity index is 1100. The second kappa shape index (κ2) is 9.16. The molecule has 2 aromatic carbocycles. The van der Waals surface area contributed by atoms with E-state index in [0.29, 0.717) is 23.8 Å². The molecule has 1 aliphatic rings. The third kappa shape index (κ3) is 4.38. The minimum Gasteiger partial charge on any atom is -0.493 e. The van der Waals surface area contributed by atoms with Crippen molar-refractivity contribution in [2.45, 2.75) is 32.2 Å². The molecule has 4 rings (SSSR count). The smallest absolute Gasteiger partial charge is 0.244 e. The maximum atomic E-state index is 12.4. The van der Waals surface area contributed by atoms with Crippen LogP contribution in [0, 0.1) is 0 Å². The number of carbonyl (C=O) groups excluding carboxylic acids is 1. The van der Waals surface area contributed by atoms with E-state index in [4.69, 9.17) is 14.2 Å². The first-order valence-corrected chi connectivity index (χ1v) is 10.5. The van der Waals surface area contributed by atoms with E-state index in [1.165, 1.54) is 41.1 Å². The predicted molar refractivity (Wildman–Crippen MR) is 122 cm³/mol. The lowest BCUT2D eigenvalue weighted by Crippen LogP contribution is -2.20. The maximum Gasteiger partial charge on any atom is 0.244 e. The van der Waals surface area contributed by atoms with Crippen LogP contribution in [0.1, 0.15) is 35.2 Å². The number of benzene rings is 2. The number of H-pyrrole nitrogens is 1. The number of fused-ring (bicyclic) bond motifs is 3. The van der Waals surface area contributed by atoms with Gasteiger partial charge in [-0.2, -0.15) is 0 Å². The minimum atomic E-state index is -0.162. The first-order chi connectivity index (χ1) is 15.1. The van der Waals surface area contributed by atoms with Crippen molar-refractivity contribution in [2.24, 2.45) is 0 Å². The van der Waals surface area contributed by atoms with E-state index < -0.39 is 0 Å². The zero-order valence-corrected chi connectivity index (χ0v) is 18.2. The summed E-state index contributed by atoms with van der Waals surface area (Å²) in [6.45, 7) is 0.480. The third-order valence-electron chi connectivity index (χ3n) is 5.74. The number of aromatic nitrogens is 1. The highest BCUT2D eigenvalue weighted by molar-refractivity contribution is 5.92. The summed E-state index contributed by atoms with van der Waals surface area (Å²) < 4.78 is 16.0. The Kier molecular flexibility index (Phi) is 6.16. The van der Waals surface area contributed by atoms with E-state index in [0.717, 1.165) is 24.0 Å². The molecule has 0 saturated carbocycles. The summed E-state index contributed by atoms with van der Waals surface area (Å²) >= 11 is 0. The molecule has 162 valence electrons. The Morgan fingerprint density at radius 1 is 1.03 bits per heavy atom. The molecule has 1 aliphatic carbocycles. The monoisotopic (exact) mass is 420 g/mol. The lowest BCUT2D eigenvalue weighted by atomic mass is 9.95. The van der Waals surface area contributed by atoms with E-state index in [-0.39, 0.29) is 5.91 Å². The van der Waals surface area contributed by atoms with Gasteiger partial charge in [0, 0.05) is 29.2 Å².